The zero-order chi connectivity index (χ0) is 8.97. The summed E-state index contributed by atoms with van der Waals surface area (Å²) in [5, 5.41) is 0. The molecule has 0 saturated carbocycles. The molecule has 1 rings (SSSR count). The molecule has 12 heavy (non-hydrogen) atoms. The van der Waals surface area contributed by atoms with Crippen LogP contribution in [0.3, 0.4) is 0 Å². The smallest absolute Gasteiger partial charge is 0.292 e. The number of alkyl halides is 1. The number of aliphatic imine (C=N–C) groups is 1. The molecule has 64 valence electrons. The Morgan fingerprint density at radius 3 is 2.83 bits per heavy atom. The molecule has 0 atom stereocenters. The van der Waals surface area contributed by atoms with E-state index in [2.05, 4.69) is 9.98 Å². The Bertz CT molecular complexity index is 364. The van der Waals surface area contributed by atoms with Gasteiger partial charge in [-0.15, -0.1) is 11.6 Å². The van der Waals surface area contributed by atoms with Gasteiger partial charge >= 0.3 is 5.69 Å². The average molecular weight is 188 g/mol. The Balaban J connectivity index is 3.09. The molecule has 0 saturated heterocycles. The summed E-state index contributed by atoms with van der Waals surface area (Å²) in [7, 11) is 0. The van der Waals surface area contributed by atoms with Gasteiger partial charge in [0.05, 0.1) is 5.88 Å². The second-order valence-corrected chi connectivity index (χ2v) is 2.25. The van der Waals surface area contributed by atoms with Crippen molar-refractivity contribution in [2.45, 2.75) is 0 Å². The van der Waals surface area contributed by atoms with E-state index in [4.69, 9.17) is 11.6 Å². The highest BCUT2D eigenvalue weighted by Gasteiger charge is 1.91. The van der Waals surface area contributed by atoms with Crippen LogP contribution in [0.4, 0.5) is 5.82 Å². The number of aromatic amines is 2. The first-order valence-electron chi connectivity index (χ1n) is 3.14. The van der Waals surface area contributed by atoms with Crippen molar-refractivity contribution in [2.75, 3.05) is 5.88 Å². The summed E-state index contributed by atoms with van der Waals surface area (Å²) in [6.45, 7) is 0. The van der Waals surface area contributed by atoms with Crippen molar-refractivity contribution in [1.82, 2.24) is 9.97 Å². The van der Waals surface area contributed by atoms with Crippen LogP contribution < -0.4 is 11.2 Å². The topological polar surface area (TPSA) is 78.1 Å². The molecule has 0 aromatic carbocycles. The van der Waals surface area contributed by atoms with Crippen LogP contribution in [-0.2, 0) is 0 Å². The largest absolute Gasteiger partial charge is 0.327 e. The van der Waals surface area contributed by atoms with E-state index in [9.17, 15) is 9.59 Å². The van der Waals surface area contributed by atoms with Gasteiger partial charge in [-0.1, -0.05) is 0 Å². The van der Waals surface area contributed by atoms with Crippen molar-refractivity contribution >= 4 is 23.6 Å². The molecule has 0 radical (unpaired) electrons. The highest BCUT2D eigenvalue weighted by atomic mass is 35.5. The van der Waals surface area contributed by atoms with Crippen LogP contribution in [0.1, 0.15) is 0 Å². The van der Waals surface area contributed by atoms with Crippen LogP contribution >= 0.6 is 11.6 Å². The Labute approximate surface area is 72.1 Å². The lowest BCUT2D eigenvalue weighted by Crippen LogP contribution is -2.20. The maximum Gasteiger partial charge on any atom is 0.327 e. The van der Waals surface area contributed by atoms with Crippen molar-refractivity contribution in [2.24, 2.45) is 4.99 Å². The number of hydrogen-bond acceptors (Lipinski definition) is 3. The summed E-state index contributed by atoms with van der Waals surface area (Å²) in [5.41, 5.74) is -1.07. The fourth-order valence-corrected chi connectivity index (χ4v) is 0.727. The van der Waals surface area contributed by atoms with Gasteiger partial charge in [0.25, 0.3) is 5.56 Å². The molecule has 0 aliphatic carbocycles. The zero-order valence-corrected chi connectivity index (χ0v) is 6.76. The van der Waals surface area contributed by atoms with E-state index in [1.165, 1.54) is 12.3 Å². The molecule has 0 aliphatic heterocycles. The number of halogens is 1. The van der Waals surface area contributed by atoms with Gasteiger partial charge in [0, 0.05) is 12.3 Å². The Morgan fingerprint density at radius 2 is 2.25 bits per heavy atom. The molecule has 0 spiro atoms. The minimum absolute atomic E-state index is 0.199. The fraction of sp³-hybridized carbons (Fsp3) is 0.167. The number of nitrogens with zero attached hydrogens (tertiary/aromatic N) is 1. The minimum Gasteiger partial charge on any atom is -0.292 e. The quantitative estimate of drug-likeness (QED) is 0.505. The summed E-state index contributed by atoms with van der Waals surface area (Å²) < 4.78 is 0. The van der Waals surface area contributed by atoms with Gasteiger partial charge in [0.2, 0.25) is 0 Å². The third-order valence-corrected chi connectivity index (χ3v) is 1.18. The SMILES string of the molecule is O=c1cc(/N=C\CCl)[nH]c(=O)[nH]1. The summed E-state index contributed by atoms with van der Waals surface area (Å²) in [5.74, 6) is 0.430. The van der Waals surface area contributed by atoms with Gasteiger partial charge in [0.15, 0.2) is 0 Å². The molecule has 0 amide bonds. The summed E-state index contributed by atoms with van der Waals surface area (Å²) >= 11 is 5.30. The molecule has 1 aromatic heterocycles. The molecule has 0 bridgehead atoms. The normalized spacial score (nSPS) is 10.8. The van der Waals surface area contributed by atoms with E-state index >= 15 is 0 Å². The van der Waals surface area contributed by atoms with Crippen molar-refractivity contribution < 1.29 is 0 Å². The number of hydrogen-bond donors (Lipinski definition) is 2. The second-order valence-electron chi connectivity index (χ2n) is 1.94. The molecular formula is C6H6ClN3O2. The zero-order valence-electron chi connectivity index (χ0n) is 6.00. The first-order valence-corrected chi connectivity index (χ1v) is 3.68. The lowest BCUT2D eigenvalue weighted by atomic mass is 10.6. The van der Waals surface area contributed by atoms with Crippen LogP contribution in [0.2, 0.25) is 0 Å². The molecule has 5 nitrogen and oxygen atoms in total. The van der Waals surface area contributed by atoms with Crippen LogP contribution in [0.15, 0.2) is 20.6 Å². The molecule has 1 heterocycles. The Morgan fingerprint density at radius 1 is 1.50 bits per heavy atom. The van der Waals surface area contributed by atoms with E-state index in [1.54, 1.807) is 0 Å². The molecule has 0 aliphatic rings. The van der Waals surface area contributed by atoms with Gasteiger partial charge in [0.1, 0.15) is 5.82 Å². The predicted octanol–water partition coefficient (Wildman–Crippen LogP) is 0.00430. The van der Waals surface area contributed by atoms with E-state index in [0.29, 0.717) is 0 Å². The van der Waals surface area contributed by atoms with Crippen LogP contribution in [0, 0.1) is 0 Å². The Kier molecular flexibility index (Phi) is 2.82. The van der Waals surface area contributed by atoms with Gasteiger partial charge in [-0.25, -0.2) is 9.79 Å². The van der Waals surface area contributed by atoms with Gasteiger partial charge in [-0.3, -0.25) is 14.8 Å². The van der Waals surface area contributed by atoms with Crippen molar-refractivity contribution in [1.29, 1.82) is 0 Å². The Hall–Kier alpha value is -1.36. The van der Waals surface area contributed by atoms with Gasteiger partial charge in [-0.05, 0) is 0 Å². The van der Waals surface area contributed by atoms with Crippen LogP contribution in [0.5, 0.6) is 0 Å². The lowest BCUT2D eigenvalue weighted by Gasteiger charge is -1.88. The molecule has 6 heteroatoms. The maximum atomic E-state index is 10.7. The molecule has 1 aromatic rings. The number of H-pyrrole nitrogens is 2. The highest BCUT2D eigenvalue weighted by molar-refractivity contribution is 6.24. The van der Waals surface area contributed by atoms with E-state index in [0.717, 1.165) is 0 Å². The predicted molar refractivity (Wildman–Crippen MR) is 46.6 cm³/mol. The second kappa shape index (κ2) is 3.87. The van der Waals surface area contributed by atoms with Crippen LogP contribution in [0.25, 0.3) is 0 Å². The van der Waals surface area contributed by atoms with E-state index < -0.39 is 11.2 Å². The van der Waals surface area contributed by atoms with E-state index in [-0.39, 0.29) is 11.7 Å². The first kappa shape index (κ1) is 8.73. The van der Waals surface area contributed by atoms with Crippen LogP contribution in [-0.4, -0.2) is 22.1 Å². The van der Waals surface area contributed by atoms with Gasteiger partial charge in [-0.2, -0.15) is 0 Å². The third kappa shape index (κ3) is 2.35. The van der Waals surface area contributed by atoms with Gasteiger partial charge < -0.3 is 0 Å². The highest BCUT2D eigenvalue weighted by Crippen LogP contribution is 1.96. The average Bonchev–Trinajstić information content (AvgIpc) is 1.99. The standard InChI is InChI=1S/C6H6ClN3O2/c7-1-2-8-4-3-5(11)10-6(12)9-4/h2-3H,1H2,(H2,9,10,11,12)/b8-2-. The lowest BCUT2D eigenvalue weighted by molar-refractivity contribution is 1.03. The summed E-state index contributed by atoms with van der Waals surface area (Å²) in [4.78, 5) is 29.4. The summed E-state index contributed by atoms with van der Waals surface area (Å²) in [6.07, 6.45) is 1.38. The minimum atomic E-state index is -0.579. The molecular weight excluding hydrogens is 182 g/mol. The fourth-order valence-electron chi connectivity index (χ4n) is 0.658. The van der Waals surface area contributed by atoms with Crippen molar-refractivity contribution in [3.05, 3.63) is 26.9 Å². The number of rotatable bonds is 2. The van der Waals surface area contributed by atoms with E-state index in [1.807, 2.05) is 4.98 Å². The summed E-state index contributed by atoms with van der Waals surface area (Å²) in [6, 6.07) is 1.17. The number of nitrogens with one attached hydrogen (secondary N) is 2. The molecule has 0 fully saturated rings. The monoisotopic (exact) mass is 187 g/mol. The molecule has 2 N–H and O–H groups in total. The maximum absolute atomic E-state index is 10.7. The van der Waals surface area contributed by atoms with Crippen molar-refractivity contribution in [3.63, 3.8) is 0 Å². The van der Waals surface area contributed by atoms with Crippen molar-refractivity contribution in [3.8, 4) is 0 Å². The third-order valence-electron chi connectivity index (χ3n) is 1.05. The number of aromatic nitrogens is 2. The molecule has 0 unspecified atom stereocenters. The first-order chi connectivity index (χ1) is 5.72.